The molecule has 0 radical (unpaired) electrons. The number of hydrogen-bond acceptors (Lipinski definition) is 4. The molecular weight excluding hydrogens is 332 g/mol. The summed E-state index contributed by atoms with van der Waals surface area (Å²) in [5, 5.41) is 2.75. The molecule has 8 heteroatoms. The fourth-order valence-corrected chi connectivity index (χ4v) is 4.63. The van der Waals surface area contributed by atoms with Crippen LogP contribution >= 0.6 is 22.9 Å². The molecule has 1 aromatic heterocycles. The van der Waals surface area contributed by atoms with Gasteiger partial charge in [-0.15, -0.1) is 11.3 Å². The van der Waals surface area contributed by atoms with Crippen LogP contribution in [0.5, 0.6) is 0 Å². The number of hydrogen-bond donors (Lipinski definition) is 2. The van der Waals surface area contributed by atoms with Crippen LogP contribution in [0, 0.1) is 0 Å². The Labute approximate surface area is 131 Å². The van der Waals surface area contributed by atoms with E-state index in [9.17, 15) is 13.2 Å². The lowest BCUT2D eigenvalue weighted by atomic mass is 10.0. The minimum atomic E-state index is -3.63. The van der Waals surface area contributed by atoms with Gasteiger partial charge in [0.2, 0.25) is 5.91 Å². The molecule has 1 aromatic carbocycles. The Morgan fingerprint density at radius 3 is 2.71 bits per heavy atom. The van der Waals surface area contributed by atoms with Crippen LogP contribution < -0.4 is 10.0 Å². The molecule has 0 bridgehead atoms. The van der Waals surface area contributed by atoms with Crippen LogP contribution in [0.15, 0.2) is 34.5 Å². The zero-order valence-corrected chi connectivity index (χ0v) is 13.1. The number of nitrogens with one attached hydrogen (secondary N) is 2. The fraction of sp³-hybridized carbons (Fsp3) is 0.154. The van der Waals surface area contributed by atoms with Crippen LogP contribution in [0.4, 0.5) is 11.4 Å². The molecule has 1 aliphatic heterocycles. The molecule has 0 atom stereocenters. The summed E-state index contributed by atoms with van der Waals surface area (Å²) >= 11 is 6.77. The average Bonchev–Trinajstić information content (AvgIpc) is 2.86. The van der Waals surface area contributed by atoms with Gasteiger partial charge in [0.05, 0.1) is 4.34 Å². The van der Waals surface area contributed by atoms with Crippen molar-refractivity contribution in [2.75, 3.05) is 10.0 Å². The van der Waals surface area contributed by atoms with Crippen molar-refractivity contribution in [1.29, 1.82) is 0 Å². The van der Waals surface area contributed by atoms with E-state index in [0.717, 1.165) is 22.6 Å². The normalized spacial score (nSPS) is 14.4. The predicted molar refractivity (Wildman–Crippen MR) is 83.5 cm³/mol. The molecule has 5 nitrogen and oxygen atoms in total. The minimum absolute atomic E-state index is 0.0240. The summed E-state index contributed by atoms with van der Waals surface area (Å²) in [6.45, 7) is 0. The van der Waals surface area contributed by atoms with E-state index < -0.39 is 10.0 Å². The monoisotopic (exact) mass is 342 g/mol. The second kappa shape index (κ2) is 5.32. The quantitative estimate of drug-likeness (QED) is 0.900. The standard InChI is InChI=1S/C13H11ClN2O3S2/c14-11-4-6-13(20-11)21(18,19)16-9-2-3-10-8(7-9)1-5-12(17)15-10/h2-4,6-7,16H,1,5H2,(H,15,17). The van der Waals surface area contributed by atoms with E-state index >= 15 is 0 Å². The molecule has 2 aromatic rings. The Bertz CT molecular complexity index is 815. The zero-order valence-electron chi connectivity index (χ0n) is 10.7. The number of rotatable bonds is 3. The van der Waals surface area contributed by atoms with Gasteiger partial charge < -0.3 is 5.32 Å². The van der Waals surface area contributed by atoms with Gasteiger partial charge in [-0.3, -0.25) is 9.52 Å². The van der Waals surface area contributed by atoms with E-state index in [2.05, 4.69) is 10.0 Å². The zero-order chi connectivity index (χ0) is 15.0. The summed E-state index contributed by atoms with van der Waals surface area (Å²) < 4.78 is 27.5. The second-order valence-corrected chi connectivity index (χ2v) is 8.21. The van der Waals surface area contributed by atoms with Crippen molar-refractivity contribution >= 4 is 50.2 Å². The number of amides is 1. The molecule has 2 N–H and O–H groups in total. The Hall–Kier alpha value is -1.57. The lowest BCUT2D eigenvalue weighted by Gasteiger charge is -2.17. The molecular formula is C13H11ClN2O3S2. The van der Waals surface area contributed by atoms with Crippen molar-refractivity contribution in [3.8, 4) is 0 Å². The number of halogens is 1. The summed E-state index contributed by atoms with van der Waals surface area (Å²) in [4.78, 5) is 11.3. The lowest BCUT2D eigenvalue weighted by molar-refractivity contribution is -0.116. The second-order valence-electron chi connectivity index (χ2n) is 4.58. The molecule has 1 aliphatic rings. The van der Waals surface area contributed by atoms with Gasteiger partial charge in [0, 0.05) is 17.8 Å². The summed E-state index contributed by atoms with van der Waals surface area (Å²) in [7, 11) is -3.63. The third kappa shape index (κ3) is 3.04. The van der Waals surface area contributed by atoms with Gasteiger partial charge in [0.25, 0.3) is 10.0 Å². The summed E-state index contributed by atoms with van der Waals surface area (Å²) in [6, 6.07) is 8.07. The van der Waals surface area contributed by atoms with Crippen molar-refractivity contribution in [2.45, 2.75) is 17.1 Å². The van der Waals surface area contributed by atoms with Crippen LogP contribution in [0.25, 0.3) is 0 Å². The van der Waals surface area contributed by atoms with Gasteiger partial charge in [0.1, 0.15) is 4.21 Å². The van der Waals surface area contributed by atoms with Crippen LogP contribution in [-0.2, 0) is 21.2 Å². The van der Waals surface area contributed by atoms with Gasteiger partial charge in [-0.05, 0) is 42.3 Å². The lowest BCUT2D eigenvalue weighted by Crippen LogP contribution is -2.19. The summed E-state index contributed by atoms with van der Waals surface area (Å²) in [6.07, 6.45) is 1.01. The summed E-state index contributed by atoms with van der Waals surface area (Å²) in [5.74, 6) is -0.0240. The SMILES string of the molecule is O=C1CCc2cc(NS(=O)(=O)c3ccc(Cl)s3)ccc2N1. The number of benzene rings is 1. The third-order valence-corrected chi connectivity index (χ3v) is 6.17. The van der Waals surface area contributed by atoms with E-state index in [1.807, 2.05) is 0 Å². The van der Waals surface area contributed by atoms with E-state index in [4.69, 9.17) is 11.6 Å². The van der Waals surface area contributed by atoms with Gasteiger partial charge in [-0.1, -0.05) is 11.6 Å². The Balaban J connectivity index is 1.87. The van der Waals surface area contributed by atoms with Gasteiger partial charge in [0.15, 0.2) is 0 Å². The van der Waals surface area contributed by atoms with Crippen molar-refractivity contribution in [1.82, 2.24) is 0 Å². The molecule has 0 spiro atoms. The minimum Gasteiger partial charge on any atom is -0.326 e. The molecule has 2 heterocycles. The van der Waals surface area contributed by atoms with Crippen molar-refractivity contribution < 1.29 is 13.2 Å². The molecule has 21 heavy (non-hydrogen) atoms. The molecule has 0 saturated heterocycles. The summed E-state index contributed by atoms with van der Waals surface area (Å²) in [5.41, 5.74) is 2.11. The first-order chi connectivity index (χ1) is 9.94. The van der Waals surface area contributed by atoms with Crippen LogP contribution in [0.1, 0.15) is 12.0 Å². The molecule has 0 unspecified atom stereocenters. The maximum absolute atomic E-state index is 12.2. The first-order valence-electron chi connectivity index (χ1n) is 6.15. The molecule has 0 fully saturated rings. The first-order valence-corrected chi connectivity index (χ1v) is 8.83. The fourth-order valence-electron chi connectivity index (χ4n) is 2.09. The highest BCUT2D eigenvalue weighted by Crippen LogP contribution is 2.29. The average molecular weight is 343 g/mol. The van der Waals surface area contributed by atoms with E-state index in [0.29, 0.717) is 22.9 Å². The smallest absolute Gasteiger partial charge is 0.271 e. The van der Waals surface area contributed by atoms with Gasteiger partial charge >= 0.3 is 0 Å². The Morgan fingerprint density at radius 1 is 1.19 bits per heavy atom. The van der Waals surface area contributed by atoms with Gasteiger partial charge in [-0.25, -0.2) is 8.42 Å². The number of fused-ring (bicyclic) bond motifs is 1. The first kappa shape index (κ1) is 14.4. The topological polar surface area (TPSA) is 75.3 Å². The van der Waals surface area contributed by atoms with Crippen molar-refractivity contribution in [3.63, 3.8) is 0 Å². The highest BCUT2D eigenvalue weighted by molar-refractivity contribution is 7.94. The Morgan fingerprint density at radius 2 is 2.00 bits per heavy atom. The number of thiophene rings is 1. The maximum Gasteiger partial charge on any atom is 0.271 e. The van der Waals surface area contributed by atoms with E-state index in [1.54, 1.807) is 24.3 Å². The van der Waals surface area contributed by atoms with E-state index in [1.165, 1.54) is 6.07 Å². The highest BCUT2D eigenvalue weighted by atomic mass is 35.5. The van der Waals surface area contributed by atoms with E-state index in [-0.39, 0.29) is 10.1 Å². The number of anilines is 2. The van der Waals surface area contributed by atoms with Crippen LogP contribution in [0.2, 0.25) is 4.34 Å². The number of carbonyl (C=O) groups excluding carboxylic acids is 1. The largest absolute Gasteiger partial charge is 0.326 e. The number of sulfonamides is 1. The van der Waals surface area contributed by atoms with Crippen molar-refractivity contribution in [3.05, 3.63) is 40.2 Å². The highest BCUT2D eigenvalue weighted by Gasteiger charge is 2.19. The number of carbonyl (C=O) groups is 1. The Kier molecular flexibility index (Phi) is 3.64. The molecule has 110 valence electrons. The molecule has 1 amide bonds. The van der Waals surface area contributed by atoms with Gasteiger partial charge in [-0.2, -0.15) is 0 Å². The van der Waals surface area contributed by atoms with Crippen LogP contribution in [-0.4, -0.2) is 14.3 Å². The third-order valence-electron chi connectivity index (χ3n) is 3.07. The molecule has 3 rings (SSSR count). The van der Waals surface area contributed by atoms with Crippen LogP contribution in [0.3, 0.4) is 0 Å². The predicted octanol–water partition coefficient (Wildman–Crippen LogP) is 3.09. The van der Waals surface area contributed by atoms with Crippen molar-refractivity contribution in [2.24, 2.45) is 0 Å². The maximum atomic E-state index is 12.2. The molecule has 0 saturated carbocycles. The molecule has 0 aliphatic carbocycles. The number of aryl methyl sites for hydroxylation is 1.